The fourth-order valence-corrected chi connectivity index (χ4v) is 3.37. The van der Waals surface area contributed by atoms with Gasteiger partial charge in [0.25, 0.3) is 0 Å². The zero-order valence-electron chi connectivity index (χ0n) is 16.3. The van der Waals surface area contributed by atoms with Crippen LogP contribution in [0.5, 0.6) is 5.75 Å². The Bertz CT molecular complexity index is 1040. The lowest BCUT2D eigenvalue weighted by molar-refractivity contribution is -0.145. The number of carbonyl (C=O) groups excluding carboxylic acids is 1. The molecule has 0 saturated heterocycles. The van der Waals surface area contributed by atoms with E-state index in [1.54, 1.807) is 6.07 Å². The number of carbonyl (C=O) groups is 2. The lowest BCUT2D eigenvalue weighted by Crippen LogP contribution is -2.28. The number of Topliss-reactive ketones (excluding diaryl/α,β-unsaturated/α-hetero) is 1. The largest absolute Gasteiger partial charge is 0.479 e. The van der Waals surface area contributed by atoms with Crippen LogP contribution in [0.1, 0.15) is 29.3 Å². The molecule has 3 rings (SSSR count). The number of halogens is 2. The van der Waals surface area contributed by atoms with Crippen LogP contribution in [-0.4, -0.2) is 23.0 Å². The topological polar surface area (TPSA) is 63.6 Å². The molecule has 0 fully saturated rings. The van der Waals surface area contributed by atoms with Crippen molar-refractivity contribution in [2.45, 2.75) is 25.9 Å². The standard InChI is InChI=1S/C24H20Cl2O4/c1-15(27)21-14-20(26)11-13-22(21)30-23(24(28)29)12-4-16-2-5-17(6-3-16)18-7-9-19(25)10-8-18/h2-3,5-11,13-14,23H,4,12H2,1H3,(H,28,29). The van der Waals surface area contributed by atoms with E-state index >= 15 is 0 Å². The summed E-state index contributed by atoms with van der Waals surface area (Å²) in [6, 6.07) is 20.1. The number of aliphatic carboxylic acids is 1. The van der Waals surface area contributed by atoms with Crippen molar-refractivity contribution in [1.29, 1.82) is 0 Å². The lowest BCUT2D eigenvalue weighted by Gasteiger charge is -2.17. The predicted octanol–water partition coefficient (Wildman–Crippen LogP) is 6.33. The van der Waals surface area contributed by atoms with E-state index in [0.717, 1.165) is 16.7 Å². The van der Waals surface area contributed by atoms with Gasteiger partial charge in [-0.3, -0.25) is 4.79 Å². The Kier molecular flexibility index (Phi) is 7.14. The molecule has 1 N–H and O–H groups in total. The quantitative estimate of drug-likeness (QED) is 0.414. The second kappa shape index (κ2) is 9.79. The van der Waals surface area contributed by atoms with Gasteiger partial charge in [-0.25, -0.2) is 4.79 Å². The average molecular weight is 443 g/mol. The summed E-state index contributed by atoms with van der Waals surface area (Å²) < 4.78 is 5.66. The van der Waals surface area contributed by atoms with Gasteiger partial charge in [0.1, 0.15) is 5.75 Å². The Balaban J connectivity index is 1.69. The van der Waals surface area contributed by atoms with Crippen LogP contribution in [0.15, 0.2) is 66.7 Å². The number of ketones is 1. The predicted molar refractivity (Wildman–Crippen MR) is 119 cm³/mol. The van der Waals surface area contributed by atoms with Crippen molar-refractivity contribution >= 4 is 35.0 Å². The normalized spacial score (nSPS) is 11.7. The Morgan fingerprint density at radius 2 is 1.47 bits per heavy atom. The Morgan fingerprint density at radius 1 is 0.900 bits per heavy atom. The molecule has 0 bridgehead atoms. The Labute approximate surface area is 185 Å². The van der Waals surface area contributed by atoms with Crippen molar-refractivity contribution < 1.29 is 19.4 Å². The molecule has 0 saturated carbocycles. The van der Waals surface area contributed by atoms with Crippen LogP contribution in [-0.2, 0) is 11.2 Å². The van der Waals surface area contributed by atoms with E-state index in [2.05, 4.69) is 0 Å². The summed E-state index contributed by atoms with van der Waals surface area (Å²) in [7, 11) is 0. The highest BCUT2D eigenvalue weighted by Crippen LogP contribution is 2.26. The third-order valence-corrected chi connectivity index (χ3v) is 5.18. The van der Waals surface area contributed by atoms with Crippen molar-refractivity contribution in [1.82, 2.24) is 0 Å². The molecule has 0 heterocycles. The summed E-state index contributed by atoms with van der Waals surface area (Å²) in [5.74, 6) is -1.11. The molecule has 0 spiro atoms. The average Bonchev–Trinajstić information content (AvgIpc) is 2.72. The van der Waals surface area contributed by atoms with Gasteiger partial charge in [0, 0.05) is 10.0 Å². The third kappa shape index (κ3) is 5.62. The number of carboxylic acid groups (broad SMARTS) is 1. The van der Waals surface area contributed by atoms with Gasteiger partial charge in [0.15, 0.2) is 11.9 Å². The van der Waals surface area contributed by atoms with Crippen molar-refractivity contribution in [3.05, 3.63) is 87.9 Å². The van der Waals surface area contributed by atoms with E-state index in [-0.39, 0.29) is 23.5 Å². The van der Waals surface area contributed by atoms with Crippen LogP contribution in [0.2, 0.25) is 10.0 Å². The van der Waals surface area contributed by atoms with E-state index in [1.165, 1.54) is 19.1 Å². The highest BCUT2D eigenvalue weighted by Gasteiger charge is 2.22. The fraction of sp³-hybridized carbons (Fsp3) is 0.167. The molecule has 3 aromatic rings. The molecule has 1 unspecified atom stereocenters. The first-order valence-electron chi connectivity index (χ1n) is 9.38. The maximum atomic E-state index is 11.8. The molecule has 0 aliphatic carbocycles. The number of hydrogen-bond donors (Lipinski definition) is 1. The lowest BCUT2D eigenvalue weighted by atomic mass is 10.0. The smallest absolute Gasteiger partial charge is 0.344 e. The second-order valence-corrected chi connectivity index (χ2v) is 7.76. The first-order valence-corrected chi connectivity index (χ1v) is 10.1. The molecular formula is C24H20Cl2O4. The molecule has 0 aliphatic rings. The van der Waals surface area contributed by atoms with E-state index < -0.39 is 12.1 Å². The molecule has 0 aliphatic heterocycles. The van der Waals surface area contributed by atoms with Gasteiger partial charge in [-0.15, -0.1) is 0 Å². The molecule has 0 aromatic heterocycles. The summed E-state index contributed by atoms with van der Waals surface area (Å²) in [6.45, 7) is 1.39. The minimum absolute atomic E-state index is 0.220. The van der Waals surface area contributed by atoms with Crippen molar-refractivity contribution in [2.75, 3.05) is 0 Å². The zero-order valence-corrected chi connectivity index (χ0v) is 17.8. The number of benzene rings is 3. The highest BCUT2D eigenvalue weighted by molar-refractivity contribution is 6.31. The van der Waals surface area contributed by atoms with Gasteiger partial charge in [-0.2, -0.15) is 0 Å². The van der Waals surface area contributed by atoms with Crippen LogP contribution in [0.3, 0.4) is 0 Å². The number of hydrogen-bond acceptors (Lipinski definition) is 3. The first kappa shape index (κ1) is 21.9. The van der Waals surface area contributed by atoms with E-state index in [9.17, 15) is 14.7 Å². The minimum Gasteiger partial charge on any atom is -0.479 e. The molecule has 0 amide bonds. The third-order valence-electron chi connectivity index (χ3n) is 4.69. The Morgan fingerprint density at radius 3 is 2.03 bits per heavy atom. The van der Waals surface area contributed by atoms with Crippen LogP contribution in [0.25, 0.3) is 11.1 Å². The van der Waals surface area contributed by atoms with Crippen LogP contribution in [0.4, 0.5) is 0 Å². The van der Waals surface area contributed by atoms with Crippen LogP contribution in [0, 0.1) is 0 Å². The molecule has 154 valence electrons. The van der Waals surface area contributed by atoms with E-state index in [1.807, 2.05) is 48.5 Å². The van der Waals surface area contributed by atoms with Gasteiger partial charge in [-0.1, -0.05) is 59.6 Å². The van der Waals surface area contributed by atoms with E-state index in [4.69, 9.17) is 27.9 Å². The molecule has 3 aromatic carbocycles. The monoisotopic (exact) mass is 442 g/mol. The summed E-state index contributed by atoms with van der Waals surface area (Å²) in [5, 5.41) is 10.6. The molecular weight excluding hydrogens is 423 g/mol. The number of aryl methyl sites for hydroxylation is 1. The summed E-state index contributed by atoms with van der Waals surface area (Å²) in [4.78, 5) is 23.5. The number of rotatable bonds is 8. The van der Waals surface area contributed by atoms with Crippen LogP contribution < -0.4 is 4.74 Å². The highest BCUT2D eigenvalue weighted by atomic mass is 35.5. The van der Waals surface area contributed by atoms with Crippen molar-refractivity contribution in [2.24, 2.45) is 0 Å². The van der Waals surface area contributed by atoms with Gasteiger partial charge >= 0.3 is 5.97 Å². The zero-order chi connectivity index (χ0) is 21.7. The summed E-state index contributed by atoms with van der Waals surface area (Å²) in [5.41, 5.74) is 3.36. The second-order valence-electron chi connectivity index (χ2n) is 6.88. The molecule has 30 heavy (non-hydrogen) atoms. The van der Waals surface area contributed by atoms with Crippen molar-refractivity contribution in [3.8, 4) is 16.9 Å². The maximum absolute atomic E-state index is 11.8. The minimum atomic E-state index is -1.09. The molecule has 4 nitrogen and oxygen atoms in total. The fourth-order valence-electron chi connectivity index (χ4n) is 3.07. The van der Waals surface area contributed by atoms with Crippen LogP contribution >= 0.6 is 23.2 Å². The molecule has 6 heteroatoms. The van der Waals surface area contributed by atoms with Crippen molar-refractivity contribution in [3.63, 3.8) is 0 Å². The first-order chi connectivity index (χ1) is 14.3. The number of ether oxygens (including phenoxy) is 1. The van der Waals surface area contributed by atoms with Gasteiger partial charge < -0.3 is 9.84 Å². The summed E-state index contributed by atoms with van der Waals surface area (Å²) >= 11 is 11.9. The SMILES string of the molecule is CC(=O)c1cc(Cl)ccc1OC(CCc1ccc(-c2ccc(Cl)cc2)cc1)C(=O)O. The number of carboxylic acids is 1. The summed E-state index contributed by atoms with van der Waals surface area (Å²) in [6.07, 6.45) is -0.309. The van der Waals surface area contributed by atoms with Gasteiger partial charge in [-0.05, 0) is 66.8 Å². The molecule has 1 atom stereocenters. The van der Waals surface area contributed by atoms with E-state index in [0.29, 0.717) is 16.5 Å². The molecule has 0 radical (unpaired) electrons. The van der Waals surface area contributed by atoms with Gasteiger partial charge in [0.2, 0.25) is 0 Å². The van der Waals surface area contributed by atoms with Gasteiger partial charge in [0.05, 0.1) is 5.56 Å². The Hall–Kier alpha value is -2.82. The maximum Gasteiger partial charge on any atom is 0.344 e.